The number of nitrogens with two attached hydrogens (primary N) is 1. The summed E-state index contributed by atoms with van der Waals surface area (Å²) in [7, 11) is 1.55. The molecule has 2 aromatic rings. The highest BCUT2D eigenvalue weighted by molar-refractivity contribution is 5.95. The van der Waals surface area contributed by atoms with Gasteiger partial charge in [-0.1, -0.05) is 24.3 Å². The number of nitrogen functional groups attached to an aromatic ring is 1. The zero-order valence-corrected chi connectivity index (χ0v) is 16.6. The summed E-state index contributed by atoms with van der Waals surface area (Å²) in [6.07, 6.45) is 3.27. The van der Waals surface area contributed by atoms with Crippen molar-refractivity contribution in [3.63, 3.8) is 0 Å². The summed E-state index contributed by atoms with van der Waals surface area (Å²) >= 11 is 0. The largest absolute Gasteiger partial charge is 0.497 e. The molecular weight excluding hydrogens is 356 g/mol. The van der Waals surface area contributed by atoms with E-state index in [4.69, 9.17) is 15.2 Å². The molecule has 0 saturated heterocycles. The van der Waals surface area contributed by atoms with Crippen molar-refractivity contribution in [3.8, 4) is 5.75 Å². The first-order chi connectivity index (χ1) is 13.2. The molecule has 6 nitrogen and oxygen atoms in total. The van der Waals surface area contributed by atoms with E-state index in [0.717, 1.165) is 11.1 Å². The third kappa shape index (κ3) is 6.79. The van der Waals surface area contributed by atoms with Crippen molar-refractivity contribution in [2.24, 2.45) is 0 Å². The number of carbonyl (C=O) groups is 2. The zero-order chi connectivity index (χ0) is 20.7. The molecule has 0 aromatic heterocycles. The molecular formula is C22H26N2O4. The van der Waals surface area contributed by atoms with Gasteiger partial charge in [0.05, 0.1) is 24.9 Å². The van der Waals surface area contributed by atoms with Crippen molar-refractivity contribution < 1.29 is 19.1 Å². The van der Waals surface area contributed by atoms with Crippen LogP contribution >= 0.6 is 0 Å². The van der Waals surface area contributed by atoms with Crippen LogP contribution in [0.15, 0.2) is 48.5 Å². The van der Waals surface area contributed by atoms with E-state index in [2.05, 4.69) is 5.32 Å². The molecule has 0 bridgehead atoms. The lowest BCUT2D eigenvalue weighted by Crippen LogP contribution is -2.22. The summed E-state index contributed by atoms with van der Waals surface area (Å²) in [4.78, 5) is 24.0. The molecule has 0 heterocycles. The lowest BCUT2D eigenvalue weighted by atomic mass is 10.1. The van der Waals surface area contributed by atoms with E-state index in [0.29, 0.717) is 17.1 Å². The van der Waals surface area contributed by atoms with Crippen LogP contribution < -0.4 is 15.8 Å². The summed E-state index contributed by atoms with van der Waals surface area (Å²) in [6.45, 7) is 5.45. The Labute approximate surface area is 165 Å². The minimum Gasteiger partial charge on any atom is -0.497 e. The van der Waals surface area contributed by atoms with Gasteiger partial charge in [0, 0.05) is 12.1 Å². The number of nitrogens with one attached hydrogen (secondary N) is 1. The second kappa shape index (κ2) is 9.08. The minimum absolute atomic E-state index is 0.172. The first kappa shape index (κ1) is 21.0. The number of rotatable bonds is 6. The predicted molar refractivity (Wildman–Crippen MR) is 111 cm³/mol. The Morgan fingerprint density at radius 3 is 2.36 bits per heavy atom. The van der Waals surface area contributed by atoms with Crippen molar-refractivity contribution in [1.82, 2.24) is 0 Å². The Morgan fingerprint density at radius 1 is 1.11 bits per heavy atom. The zero-order valence-electron chi connectivity index (χ0n) is 16.6. The monoisotopic (exact) mass is 382 g/mol. The van der Waals surface area contributed by atoms with Gasteiger partial charge in [-0.05, 0) is 50.1 Å². The van der Waals surface area contributed by atoms with Gasteiger partial charge in [-0.25, -0.2) is 4.79 Å². The number of carbonyl (C=O) groups excluding carboxylic acids is 2. The number of ether oxygens (including phenoxy) is 2. The van der Waals surface area contributed by atoms with E-state index in [1.54, 1.807) is 31.4 Å². The van der Waals surface area contributed by atoms with E-state index in [-0.39, 0.29) is 12.3 Å². The van der Waals surface area contributed by atoms with Crippen LogP contribution in [-0.2, 0) is 20.7 Å². The number of anilines is 2. The summed E-state index contributed by atoms with van der Waals surface area (Å²) < 4.78 is 10.3. The van der Waals surface area contributed by atoms with E-state index < -0.39 is 11.6 Å². The SMILES string of the molecule is COc1ccc(NC(=O)Cc2ccc(C=CC(=O)OC(C)(C)C)cc2)c(N)c1. The third-order valence-corrected chi connectivity index (χ3v) is 3.70. The van der Waals surface area contributed by atoms with E-state index in [9.17, 15) is 9.59 Å². The van der Waals surface area contributed by atoms with Gasteiger partial charge in [0.25, 0.3) is 0 Å². The quantitative estimate of drug-likeness (QED) is 0.450. The van der Waals surface area contributed by atoms with Crippen LogP contribution in [0.5, 0.6) is 5.75 Å². The molecule has 0 aliphatic rings. The molecule has 1 amide bonds. The van der Waals surface area contributed by atoms with Crippen molar-refractivity contribution >= 4 is 29.3 Å². The number of benzene rings is 2. The van der Waals surface area contributed by atoms with Crippen molar-refractivity contribution in [1.29, 1.82) is 0 Å². The second-order valence-electron chi connectivity index (χ2n) is 7.29. The van der Waals surface area contributed by atoms with Crippen molar-refractivity contribution in [3.05, 3.63) is 59.7 Å². The van der Waals surface area contributed by atoms with Gasteiger partial charge in [-0.15, -0.1) is 0 Å². The molecule has 0 fully saturated rings. The van der Waals surface area contributed by atoms with Gasteiger partial charge < -0.3 is 20.5 Å². The van der Waals surface area contributed by atoms with E-state index in [1.807, 2.05) is 45.0 Å². The van der Waals surface area contributed by atoms with Crippen LogP contribution in [-0.4, -0.2) is 24.6 Å². The Morgan fingerprint density at radius 2 is 1.79 bits per heavy atom. The van der Waals surface area contributed by atoms with Gasteiger partial charge in [0.2, 0.25) is 5.91 Å². The maximum absolute atomic E-state index is 12.2. The highest BCUT2D eigenvalue weighted by Gasteiger charge is 2.13. The molecule has 2 aromatic carbocycles. The van der Waals surface area contributed by atoms with E-state index >= 15 is 0 Å². The fourth-order valence-electron chi connectivity index (χ4n) is 2.41. The number of hydrogen-bond donors (Lipinski definition) is 2. The lowest BCUT2D eigenvalue weighted by Gasteiger charge is -2.17. The average Bonchev–Trinajstić information content (AvgIpc) is 2.61. The Balaban J connectivity index is 1.93. The highest BCUT2D eigenvalue weighted by Crippen LogP contribution is 2.24. The molecule has 148 valence electrons. The van der Waals surface area contributed by atoms with Crippen LogP contribution in [0.1, 0.15) is 31.9 Å². The molecule has 0 radical (unpaired) electrons. The normalized spacial score (nSPS) is 11.3. The van der Waals surface area contributed by atoms with E-state index in [1.165, 1.54) is 6.08 Å². The van der Waals surface area contributed by atoms with Crippen molar-refractivity contribution in [2.75, 3.05) is 18.2 Å². The molecule has 2 rings (SSSR count). The molecule has 0 unspecified atom stereocenters. The Hall–Kier alpha value is -3.28. The average molecular weight is 382 g/mol. The summed E-state index contributed by atoms with van der Waals surface area (Å²) in [5.41, 5.74) is 8.07. The maximum atomic E-state index is 12.2. The third-order valence-electron chi connectivity index (χ3n) is 3.70. The molecule has 0 aliphatic heterocycles. The fourth-order valence-corrected chi connectivity index (χ4v) is 2.41. The van der Waals surface area contributed by atoms with Crippen LogP contribution in [0.2, 0.25) is 0 Å². The smallest absolute Gasteiger partial charge is 0.331 e. The highest BCUT2D eigenvalue weighted by atomic mass is 16.6. The molecule has 0 spiro atoms. The number of amides is 1. The number of esters is 1. The molecule has 28 heavy (non-hydrogen) atoms. The van der Waals surface area contributed by atoms with Gasteiger partial charge in [0.1, 0.15) is 11.4 Å². The van der Waals surface area contributed by atoms with Gasteiger partial charge >= 0.3 is 5.97 Å². The lowest BCUT2D eigenvalue weighted by molar-refractivity contribution is -0.148. The van der Waals surface area contributed by atoms with Crippen LogP contribution in [0, 0.1) is 0 Å². The molecule has 0 atom stereocenters. The van der Waals surface area contributed by atoms with Crippen LogP contribution in [0.3, 0.4) is 0 Å². The number of hydrogen-bond acceptors (Lipinski definition) is 5. The minimum atomic E-state index is -0.522. The summed E-state index contributed by atoms with van der Waals surface area (Å²) in [6, 6.07) is 12.4. The number of methoxy groups -OCH3 is 1. The predicted octanol–water partition coefficient (Wildman–Crippen LogP) is 3.81. The van der Waals surface area contributed by atoms with Gasteiger partial charge in [0.15, 0.2) is 0 Å². The molecule has 6 heteroatoms. The first-order valence-electron chi connectivity index (χ1n) is 8.89. The summed E-state index contributed by atoms with van der Waals surface area (Å²) in [5.74, 6) is 0.0625. The van der Waals surface area contributed by atoms with Gasteiger partial charge in [-0.2, -0.15) is 0 Å². The molecule has 0 saturated carbocycles. The fraction of sp³-hybridized carbons (Fsp3) is 0.273. The first-order valence-corrected chi connectivity index (χ1v) is 8.89. The molecule has 3 N–H and O–H groups in total. The topological polar surface area (TPSA) is 90.6 Å². The van der Waals surface area contributed by atoms with Crippen LogP contribution in [0.4, 0.5) is 11.4 Å². The Kier molecular flexibility index (Phi) is 6.82. The van der Waals surface area contributed by atoms with Gasteiger partial charge in [-0.3, -0.25) is 4.79 Å². The maximum Gasteiger partial charge on any atom is 0.331 e. The Bertz CT molecular complexity index is 865. The second-order valence-corrected chi connectivity index (χ2v) is 7.29. The molecule has 0 aliphatic carbocycles. The summed E-state index contributed by atoms with van der Waals surface area (Å²) in [5, 5.41) is 2.79. The van der Waals surface area contributed by atoms with Crippen LogP contribution in [0.25, 0.3) is 6.08 Å². The standard InChI is InChI=1S/C22H26N2O4/c1-22(2,3)28-21(26)12-9-15-5-7-16(8-6-15)13-20(25)24-19-11-10-17(27-4)14-18(19)23/h5-12,14H,13,23H2,1-4H3,(H,24,25). The van der Waals surface area contributed by atoms with Crippen molar-refractivity contribution in [2.45, 2.75) is 32.8 Å².